The van der Waals surface area contributed by atoms with Crippen LogP contribution in [0.15, 0.2) is 34.7 Å². The number of allylic oxidation sites excluding steroid dienone is 1. The fourth-order valence-electron chi connectivity index (χ4n) is 4.86. The molecule has 1 heterocycles. The number of quaternary nitrogens is 1. The molecule has 2 aliphatic carbocycles. The molecule has 30 heavy (non-hydrogen) atoms. The molecular weight excluding hydrogens is 398 g/mol. The molecule has 1 aliphatic heterocycles. The Kier molecular flexibility index (Phi) is 6.91. The molecule has 0 bridgehead atoms. The van der Waals surface area contributed by atoms with Crippen LogP contribution >= 0.6 is 0 Å². The second-order valence-corrected chi connectivity index (χ2v) is 10.8. The van der Waals surface area contributed by atoms with Gasteiger partial charge in [-0.15, -0.1) is 0 Å². The van der Waals surface area contributed by atoms with Crippen LogP contribution in [0.25, 0.3) is 0 Å². The van der Waals surface area contributed by atoms with Crippen molar-refractivity contribution < 1.29 is 18.1 Å². The molecule has 0 atom stereocenters. The van der Waals surface area contributed by atoms with Gasteiger partial charge >= 0.3 is 0 Å². The van der Waals surface area contributed by atoms with Gasteiger partial charge in [-0.2, -0.15) is 4.31 Å². The number of aryl methyl sites for hydroxylation is 2. The van der Waals surface area contributed by atoms with Gasteiger partial charge in [-0.25, -0.2) is 8.42 Å². The van der Waals surface area contributed by atoms with Crippen LogP contribution in [-0.2, 0) is 27.7 Å². The number of carbonyl (C=O) groups is 1. The largest absolute Gasteiger partial charge is 0.351 e. The fraction of sp³-hybridized carbons (Fsp3) is 0.609. The Labute approximate surface area is 180 Å². The van der Waals surface area contributed by atoms with Crippen LogP contribution in [-0.4, -0.2) is 57.9 Å². The van der Waals surface area contributed by atoms with Gasteiger partial charge in [-0.3, -0.25) is 4.79 Å². The molecular formula is C23H34N3O3S+. The lowest BCUT2D eigenvalue weighted by Gasteiger charge is -2.31. The zero-order valence-corrected chi connectivity index (χ0v) is 18.6. The summed E-state index contributed by atoms with van der Waals surface area (Å²) in [6.45, 7) is 3.40. The Morgan fingerprint density at radius 3 is 2.60 bits per heavy atom. The Bertz CT molecular complexity index is 902. The van der Waals surface area contributed by atoms with Crippen LogP contribution in [0.1, 0.15) is 49.7 Å². The Balaban J connectivity index is 1.23. The minimum atomic E-state index is -3.45. The molecule has 2 N–H and O–H groups in total. The van der Waals surface area contributed by atoms with Crippen LogP contribution in [0.5, 0.6) is 0 Å². The van der Waals surface area contributed by atoms with Gasteiger partial charge in [0.2, 0.25) is 10.0 Å². The van der Waals surface area contributed by atoms with E-state index in [9.17, 15) is 13.2 Å². The van der Waals surface area contributed by atoms with Gasteiger partial charge < -0.3 is 10.2 Å². The van der Waals surface area contributed by atoms with Crippen molar-refractivity contribution in [2.24, 2.45) is 0 Å². The molecule has 164 valence electrons. The van der Waals surface area contributed by atoms with Crippen LogP contribution in [0.2, 0.25) is 0 Å². The van der Waals surface area contributed by atoms with E-state index in [0.29, 0.717) is 44.2 Å². The maximum Gasteiger partial charge on any atom is 0.275 e. The molecule has 1 saturated heterocycles. The lowest BCUT2D eigenvalue weighted by Crippen LogP contribution is -3.15. The summed E-state index contributed by atoms with van der Waals surface area (Å²) in [5.41, 5.74) is 3.94. The molecule has 0 spiro atoms. The molecule has 0 saturated carbocycles. The molecule has 0 radical (unpaired) electrons. The van der Waals surface area contributed by atoms with Gasteiger partial charge in [-0.1, -0.05) is 17.7 Å². The standard InChI is InChI=1S/C23H33N3O3S/c27-23(24-12-11-19-5-2-1-3-6-19)18-25-13-15-26(16-14-25)30(28,29)22-10-9-20-7-4-8-21(20)17-22/h5,9-10,17H,1-4,6-8,11-16,18H2,(H,24,27)/p+1. The maximum atomic E-state index is 13.0. The van der Waals surface area contributed by atoms with Gasteiger partial charge in [0.1, 0.15) is 0 Å². The summed E-state index contributed by atoms with van der Waals surface area (Å²) in [4.78, 5) is 13.9. The van der Waals surface area contributed by atoms with Crippen molar-refractivity contribution in [3.05, 3.63) is 41.0 Å². The van der Waals surface area contributed by atoms with Crippen LogP contribution in [0.3, 0.4) is 0 Å². The number of rotatable bonds is 7. The van der Waals surface area contributed by atoms with Crippen LogP contribution < -0.4 is 10.2 Å². The average Bonchev–Trinajstić information content (AvgIpc) is 3.23. The first-order valence-electron chi connectivity index (χ1n) is 11.4. The zero-order chi connectivity index (χ0) is 21.0. The van der Waals surface area contributed by atoms with E-state index in [1.165, 1.54) is 42.4 Å². The van der Waals surface area contributed by atoms with Crippen molar-refractivity contribution in [2.45, 2.75) is 56.3 Å². The van der Waals surface area contributed by atoms with E-state index < -0.39 is 10.0 Å². The summed E-state index contributed by atoms with van der Waals surface area (Å²) in [6.07, 6.45) is 11.3. The summed E-state index contributed by atoms with van der Waals surface area (Å²) >= 11 is 0. The van der Waals surface area contributed by atoms with Crippen molar-refractivity contribution in [3.8, 4) is 0 Å². The number of sulfonamides is 1. The van der Waals surface area contributed by atoms with E-state index in [4.69, 9.17) is 0 Å². The highest BCUT2D eigenvalue weighted by atomic mass is 32.2. The number of piperazine rings is 1. The van der Waals surface area contributed by atoms with Crippen molar-refractivity contribution >= 4 is 15.9 Å². The number of amides is 1. The van der Waals surface area contributed by atoms with E-state index in [1.807, 2.05) is 12.1 Å². The van der Waals surface area contributed by atoms with Gasteiger partial charge in [-0.05, 0) is 74.6 Å². The topological polar surface area (TPSA) is 70.9 Å². The maximum absolute atomic E-state index is 13.0. The predicted octanol–water partition coefficient (Wildman–Crippen LogP) is 1.07. The third kappa shape index (κ3) is 5.13. The van der Waals surface area contributed by atoms with E-state index in [-0.39, 0.29) is 5.91 Å². The Morgan fingerprint density at radius 1 is 1.03 bits per heavy atom. The third-order valence-corrected chi connectivity index (χ3v) is 8.60. The zero-order valence-electron chi connectivity index (χ0n) is 17.8. The van der Waals surface area contributed by atoms with Gasteiger partial charge in [0.25, 0.3) is 5.91 Å². The molecule has 0 unspecified atom stereocenters. The first-order valence-corrected chi connectivity index (χ1v) is 12.9. The van der Waals surface area contributed by atoms with E-state index >= 15 is 0 Å². The van der Waals surface area contributed by atoms with E-state index in [1.54, 1.807) is 10.4 Å². The van der Waals surface area contributed by atoms with Crippen molar-refractivity contribution in [1.29, 1.82) is 0 Å². The molecule has 1 aromatic carbocycles. The van der Waals surface area contributed by atoms with Crippen molar-refractivity contribution in [3.63, 3.8) is 0 Å². The van der Waals surface area contributed by atoms with Gasteiger partial charge in [0.05, 0.1) is 31.1 Å². The normalized spacial score (nSPS) is 20.6. The molecule has 1 aromatic rings. The highest BCUT2D eigenvalue weighted by Gasteiger charge is 2.31. The number of fused-ring (bicyclic) bond motifs is 1. The molecule has 6 nitrogen and oxygen atoms in total. The first-order chi connectivity index (χ1) is 14.5. The number of nitrogens with one attached hydrogen (secondary N) is 2. The van der Waals surface area contributed by atoms with Crippen LogP contribution in [0, 0.1) is 0 Å². The highest BCUT2D eigenvalue weighted by molar-refractivity contribution is 7.89. The van der Waals surface area contributed by atoms with Gasteiger partial charge in [0.15, 0.2) is 6.54 Å². The predicted molar refractivity (Wildman–Crippen MR) is 117 cm³/mol. The summed E-state index contributed by atoms with van der Waals surface area (Å²) in [7, 11) is -3.45. The Hall–Kier alpha value is -1.70. The third-order valence-electron chi connectivity index (χ3n) is 6.70. The second-order valence-electron chi connectivity index (χ2n) is 8.82. The van der Waals surface area contributed by atoms with E-state index in [0.717, 1.165) is 30.6 Å². The number of hydrogen-bond acceptors (Lipinski definition) is 3. The average molecular weight is 433 g/mol. The molecule has 3 aliphatic rings. The minimum Gasteiger partial charge on any atom is -0.351 e. The summed E-state index contributed by atoms with van der Waals surface area (Å²) in [6, 6.07) is 5.60. The monoisotopic (exact) mass is 432 g/mol. The summed E-state index contributed by atoms with van der Waals surface area (Å²) in [5.74, 6) is 0.0661. The first kappa shape index (κ1) is 21.5. The van der Waals surface area contributed by atoms with Crippen molar-refractivity contribution in [2.75, 3.05) is 39.3 Å². The lowest BCUT2D eigenvalue weighted by atomic mass is 9.97. The molecule has 7 heteroatoms. The molecule has 4 rings (SSSR count). The highest BCUT2D eigenvalue weighted by Crippen LogP contribution is 2.26. The van der Waals surface area contributed by atoms with Gasteiger partial charge in [0, 0.05) is 6.54 Å². The minimum absolute atomic E-state index is 0.0661. The Morgan fingerprint density at radius 2 is 1.83 bits per heavy atom. The lowest BCUT2D eigenvalue weighted by molar-refractivity contribution is -0.895. The molecule has 1 fully saturated rings. The van der Waals surface area contributed by atoms with Crippen molar-refractivity contribution in [1.82, 2.24) is 9.62 Å². The molecule has 1 amide bonds. The number of hydrogen-bond donors (Lipinski definition) is 2. The fourth-order valence-corrected chi connectivity index (χ4v) is 6.35. The van der Waals surface area contributed by atoms with Crippen LogP contribution in [0.4, 0.5) is 0 Å². The number of benzene rings is 1. The molecule has 0 aromatic heterocycles. The smallest absolute Gasteiger partial charge is 0.275 e. The summed E-state index contributed by atoms with van der Waals surface area (Å²) in [5, 5.41) is 3.04. The number of nitrogens with zero attached hydrogens (tertiary/aromatic N) is 1. The number of carbonyl (C=O) groups excluding carboxylic acids is 1. The summed E-state index contributed by atoms with van der Waals surface area (Å²) < 4.78 is 27.7. The SMILES string of the molecule is O=C(C[NH+]1CCN(S(=O)(=O)c2ccc3c(c2)CCC3)CC1)NCCC1=CCCCC1. The van der Waals surface area contributed by atoms with E-state index in [2.05, 4.69) is 11.4 Å². The quantitative estimate of drug-likeness (QED) is 0.634. The second kappa shape index (κ2) is 9.62.